The first-order valence-electron chi connectivity index (χ1n) is 8.27. The highest BCUT2D eigenvalue weighted by molar-refractivity contribution is 6.40. The molecule has 5 heteroatoms. The highest BCUT2D eigenvalue weighted by Crippen LogP contribution is 2.24. The maximum atomic E-state index is 12.2. The molecule has 0 bridgehead atoms. The van der Waals surface area contributed by atoms with E-state index in [4.69, 9.17) is 0 Å². The van der Waals surface area contributed by atoms with E-state index in [9.17, 15) is 9.59 Å². The molecule has 5 nitrogen and oxygen atoms in total. The molecule has 2 heterocycles. The lowest BCUT2D eigenvalue weighted by Gasteiger charge is -2.19. The average Bonchev–Trinajstić information content (AvgIpc) is 2.90. The third-order valence-electron chi connectivity index (χ3n) is 4.35. The Balaban J connectivity index is 1.73. The zero-order valence-electron chi connectivity index (χ0n) is 14.0. The standard InChI is InChI=1S/C19H21N3O2/c1-13(2)22-12-16(17(23)19(22)24)18-20-11-10-15(21-18)9-8-14-6-4-3-5-7-14/h3-7,10-11,13,16H,8-9,12H2,1-2H3. The van der Waals surface area contributed by atoms with Crippen LogP contribution in [0.4, 0.5) is 0 Å². The van der Waals surface area contributed by atoms with Gasteiger partial charge < -0.3 is 4.90 Å². The van der Waals surface area contributed by atoms with Gasteiger partial charge in [0.2, 0.25) is 5.78 Å². The van der Waals surface area contributed by atoms with Crippen molar-refractivity contribution in [1.82, 2.24) is 14.9 Å². The molecule has 3 rings (SSSR count). The second-order valence-corrected chi connectivity index (χ2v) is 6.36. The number of hydrogen-bond donors (Lipinski definition) is 0. The van der Waals surface area contributed by atoms with E-state index >= 15 is 0 Å². The van der Waals surface area contributed by atoms with Gasteiger partial charge in [0, 0.05) is 24.5 Å². The van der Waals surface area contributed by atoms with Crippen molar-refractivity contribution in [3.8, 4) is 0 Å². The summed E-state index contributed by atoms with van der Waals surface area (Å²) in [6.45, 7) is 4.19. The lowest BCUT2D eigenvalue weighted by molar-refractivity contribution is -0.141. The molecular weight excluding hydrogens is 302 g/mol. The summed E-state index contributed by atoms with van der Waals surface area (Å²) in [5.74, 6) is -0.907. The summed E-state index contributed by atoms with van der Waals surface area (Å²) in [5, 5.41) is 0. The third-order valence-corrected chi connectivity index (χ3v) is 4.35. The Morgan fingerprint density at radius 3 is 2.54 bits per heavy atom. The summed E-state index contributed by atoms with van der Waals surface area (Å²) < 4.78 is 0. The first-order chi connectivity index (χ1) is 11.6. The Morgan fingerprint density at radius 1 is 1.12 bits per heavy atom. The molecule has 124 valence electrons. The van der Waals surface area contributed by atoms with Gasteiger partial charge in [-0.05, 0) is 38.3 Å². The molecule has 1 aromatic heterocycles. The van der Waals surface area contributed by atoms with E-state index in [1.165, 1.54) is 5.56 Å². The van der Waals surface area contributed by atoms with Crippen LogP contribution in [-0.2, 0) is 22.4 Å². The van der Waals surface area contributed by atoms with Crippen molar-refractivity contribution < 1.29 is 9.59 Å². The second kappa shape index (κ2) is 6.91. The number of carbonyl (C=O) groups is 2. The Morgan fingerprint density at radius 2 is 1.88 bits per heavy atom. The van der Waals surface area contributed by atoms with Crippen molar-refractivity contribution in [1.29, 1.82) is 0 Å². The summed E-state index contributed by atoms with van der Waals surface area (Å²) in [6, 6.07) is 12.1. The number of aromatic nitrogens is 2. The maximum absolute atomic E-state index is 12.2. The van der Waals surface area contributed by atoms with Crippen molar-refractivity contribution in [2.45, 2.75) is 38.6 Å². The fourth-order valence-corrected chi connectivity index (χ4v) is 2.93. The van der Waals surface area contributed by atoms with Crippen molar-refractivity contribution in [2.75, 3.05) is 6.54 Å². The van der Waals surface area contributed by atoms with Gasteiger partial charge in [0.25, 0.3) is 5.91 Å². The van der Waals surface area contributed by atoms with Crippen LogP contribution in [0.25, 0.3) is 0 Å². The molecule has 1 fully saturated rings. The van der Waals surface area contributed by atoms with Crippen molar-refractivity contribution in [2.24, 2.45) is 0 Å². The fraction of sp³-hybridized carbons (Fsp3) is 0.368. The molecular formula is C19H21N3O2. The number of likely N-dealkylation sites (tertiary alicyclic amines) is 1. The SMILES string of the molecule is CC(C)N1CC(c2nccc(CCc3ccccc3)n2)C(=O)C1=O. The lowest BCUT2D eigenvalue weighted by Crippen LogP contribution is -2.33. The topological polar surface area (TPSA) is 63.2 Å². The van der Waals surface area contributed by atoms with Gasteiger partial charge in [-0.25, -0.2) is 9.97 Å². The van der Waals surface area contributed by atoms with Crippen LogP contribution in [-0.4, -0.2) is 39.1 Å². The quantitative estimate of drug-likeness (QED) is 0.791. The molecule has 0 aliphatic carbocycles. The van der Waals surface area contributed by atoms with E-state index in [-0.39, 0.29) is 6.04 Å². The molecule has 0 N–H and O–H groups in total. The molecule has 1 unspecified atom stereocenters. The highest BCUT2D eigenvalue weighted by Gasteiger charge is 2.42. The van der Waals surface area contributed by atoms with Crippen LogP contribution in [0.15, 0.2) is 42.6 Å². The number of nitrogens with zero attached hydrogens (tertiary/aromatic N) is 3. The summed E-state index contributed by atoms with van der Waals surface area (Å²) in [5.41, 5.74) is 2.14. The van der Waals surface area contributed by atoms with Gasteiger partial charge >= 0.3 is 0 Å². The zero-order valence-corrected chi connectivity index (χ0v) is 14.0. The van der Waals surface area contributed by atoms with E-state index in [1.54, 1.807) is 11.1 Å². The molecule has 1 aliphatic rings. The van der Waals surface area contributed by atoms with Gasteiger partial charge in [-0.3, -0.25) is 9.59 Å². The van der Waals surface area contributed by atoms with E-state index in [0.717, 1.165) is 18.5 Å². The van der Waals surface area contributed by atoms with Crippen LogP contribution < -0.4 is 0 Å². The number of carbonyl (C=O) groups excluding carboxylic acids is 2. The number of ketones is 1. The lowest BCUT2D eigenvalue weighted by atomic mass is 10.1. The summed E-state index contributed by atoms with van der Waals surface area (Å²) in [7, 11) is 0. The van der Waals surface area contributed by atoms with E-state index in [2.05, 4.69) is 22.1 Å². The van der Waals surface area contributed by atoms with Gasteiger partial charge in [-0.15, -0.1) is 0 Å². The fourth-order valence-electron chi connectivity index (χ4n) is 2.93. The Labute approximate surface area is 141 Å². The van der Waals surface area contributed by atoms with Gasteiger partial charge in [0.05, 0.1) is 0 Å². The number of rotatable bonds is 5. The summed E-state index contributed by atoms with van der Waals surface area (Å²) in [4.78, 5) is 34.7. The van der Waals surface area contributed by atoms with Crippen molar-refractivity contribution in [3.05, 3.63) is 59.7 Å². The third kappa shape index (κ3) is 3.35. The molecule has 1 atom stereocenters. The number of benzene rings is 1. The van der Waals surface area contributed by atoms with Gasteiger partial charge in [0.1, 0.15) is 11.7 Å². The number of amides is 1. The molecule has 0 saturated carbocycles. The molecule has 0 radical (unpaired) electrons. The van der Waals surface area contributed by atoms with Crippen LogP contribution >= 0.6 is 0 Å². The zero-order chi connectivity index (χ0) is 17.1. The summed E-state index contributed by atoms with van der Waals surface area (Å²) in [6.07, 6.45) is 3.34. The Hall–Kier alpha value is -2.56. The van der Waals surface area contributed by atoms with Crippen LogP contribution in [0, 0.1) is 0 Å². The van der Waals surface area contributed by atoms with E-state index in [0.29, 0.717) is 12.4 Å². The predicted octanol–water partition coefficient (Wildman–Crippen LogP) is 2.17. The van der Waals surface area contributed by atoms with Gasteiger partial charge in [-0.1, -0.05) is 30.3 Å². The van der Waals surface area contributed by atoms with Crippen LogP contribution in [0.2, 0.25) is 0 Å². The minimum Gasteiger partial charge on any atom is -0.332 e. The highest BCUT2D eigenvalue weighted by atomic mass is 16.2. The molecule has 1 amide bonds. The molecule has 0 spiro atoms. The van der Waals surface area contributed by atoms with Crippen LogP contribution in [0.1, 0.15) is 36.8 Å². The van der Waals surface area contributed by atoms with Crippen molar-refractivity contribution >= 4 is 11.7 Å². The minimum atomic E-state index is -0.545. The summed E-state index contributed by atoms with van der Waals surface area (Å²) >= 11 is 0. The number of aryl methyl sites for hydroxylation is 2. The first-order valence-corrected chi connectivity index (χ1v) is 8.27. The minimum absolute atomic E-state index is 0.00714. The van der Waals surface area contributed by atoms with Gasteiger partial charge in [-0.2, -0.15) is 0 Å². The van der Waals surface area contributed by atoms with E-state index in [1.807, 2.05) is 38.1 Å². The molecule has 1 saturated heterocycles. The second-order valence-electron chi connectivity index (χ2n) is 6.36. The predicted molar refractivity (Wildman–Crippen MR) is 90.5 cm³/mol. The van der Waals surface area contributed by atoms with Crippen LogP contribution in [0.5, 0.6) is 0 Å². The van der Waals surface area contributed by atoms with Crippen molar-refractivity contribution in [3.63, 3.8) is 0 Å². The Bertz CT molecular complexity index is 743. The van der Waals surface area contributed by atoms with Gasteiger partial charge in [0.15, 0.2) is 0 Å². The monoisotopic (exact) mass is 323 g/mol. The molecule has 2 aromatic rings. The van der Waals surface area contributed by atoms with Crippen LogP contribution in [0.3, 0.4) is 0 Å². The average molecular weight is 323 g/mol. The molecule has 1 aromatic carbocycles. The Kier molecular flexibility index (Phi) is 4.69. The smallest absolute Gasteiger partial charge is 0.291 e. The molecule has 24 heavy (non-hydrogen) atoms. The number of Topliss-reactive ketones (excluding diaryl/α,β-unsaturated/α-hetero) is 1. The van der Waals surface area contributed by atoms with E-state index < -0.39 is 17.6 Å². The molecule has 1 aliphatic heterocycles. The maximum Gasteiger partial charge on any atom is 0.291 e. The first kappa shape index (κ1) is 16.3. The number of hydrogen-bond acceptors (Lipinski definition) is 4. The normalized spacial score (nSPS) is 17.8. The largest absolute Gasteiger partial charge is 0.332 e.